The minimum absolute atomic E-state index is 0.0574. The summed E-state index contributed by atoms with van der Waals surface area (Å²) in [6.45, 7) is 4.54. The topological polar surface area (TPSA) is 92.9 Å². The van der Waals surface area contributed by atoms with Crippen LogP contribution < -0.4 is 5.32 Å². The lowest BCUT2D eigenvalue weighted by Crippen LogP contribution is -2.41. The van der Waals surface area contributed by atoms with Crippen LogP contribution in [0.15, 0.2) is 30.6 Å². The number of aliphatic hydroxyl groups excluding tert-OH is 1. The van der Waals surface area contributed by atoms with Crippen LogP contribution in [0.3, 0.4) is 0 Å². The SMILES string of the molecule is CC[C@H](C)[C@@H](CO)NC(=O)c1ccc(Cn2cnnn2)cc1. The highest BCUT2D eigenvalue weighted by Gasteiger charge is 2.18. The standard InChI is InChI=1S/C15H21N5O2/c1-3-11(2)14(9-21)17-15(22)13-6-4-12(5-7-13)8-20-10-16-18-19-20/h4-7,10-11,14,21H,3,8-9H2,1-2H3,(H,17,22)/t11-,14+/m0/s1. The Labute approximate surface area is 129 Å². The fourth-order valence-electron chi connectivity index (χ4n) is 2.11. The van der Waals surface area contributed by atoms with E-state index in [4.69, 9.17) is 0 Å². The van der Waals surface area contributed by atoms with Gasteiger partial charge in [-0.15, -0.1) is 5.10 Å². The van der Waals surface area contributed by atoms with Gasteiger partial charge >= 0.3 is 0 Å². The van der Waals surface area contributed by atoms with Gasteiger partial charge in [0.15, 0.2) is 0 Å². The van der Waals surface area contributed by atoms with Gasteiger partial charge in [0.1, 0.15) is 6.33 Å². The molecule has 1 amide bonds. The van der Waals surface area contributed by atoms with Crippen molar-refractivity contribution in [2.24, 2.45) is 5.92 Å². The third kappa shape index (κ3) is 4.11. The van der Waals surface area contributed by atoms with E-state index in [1.165, 1.54) is 0 Å². The predicted octanol–water partition coefficient (Wildman–Crippen LogP) is 0.858. The van der Waals surface area contributed by atoms with E-state index in [0.717, 1.165) is 12.0 Å². The summed E-state index contributed by atoms with van der Waals surface area (Å²) in [7, 11) is 0. The normalized spacial score (nSPS) is 13.6. The van der Waals surface area contributed by atoms with Crippen LogP contribution in [0, 0.1) is 5.92 Å². The van der Waals surface area contributed by atoms with Crippen molar-refractivity contribution in [1.82, 2.24) is 25.5 Å². The van der Waals surface area contributed by atoms with E-state index in [0.29, 0.717) is 12.1 Å². The van der Waals surface area contributed by atoms with Crippen molar-refractivity contribution in [3.63, 3.8) is 0 Å². The summed E-state index contributed by atoms with van der Waals surface area (Å²) in [6.07, 6.45) is 2.44. The quantitative estimate of drug-likeness (QED) is 0.791. The van der Waals surface area contributed by atoms with Crippen molar-refractivity contribution in [2.75, 3.05) is 6.61 Å². The smallest absolute Gasteiger partial charge is 0.251 e. The van der Waals surface area contributed by atoms with E-state index in [-0.39, 0.29) is 24.5 Å². The zero-order chi connectivity index (χ0) is 15.9. The van der Waals surface area contributed by atoms with Gasteiger partial charge in [0, 0.05) is 5.56 Å². The molecular formula is C15H21N5O2. The Bertz CT molecular complexity index is 582. The fourth-order valence-corrected chi connectivity index (χ4v) is 2.11. The van der Waals surface area contributed by atoms with Crippen LogP contribution in [0.5, 0.6) is 0 Å². The molecule has 0 saturated carbocycles. The molecule has 0 aliphatic rings. The third-order valence-electron chi connectivity index (χ3n) is 3.80. The fraction of sp³-hybridized carbons (Fsp3) is 0.467. The van der Waals surface area contributed by atoms with Crippen molar-refractivity contribution >= 4 is 5.91 Å². The number of aliphatic hydroxyl groups is 1. The van der Waals surface area contributed by atoms with Crippen LogP contribution in [0.4, 0.5) is 0 Å². The van der Waals surface area contributed by atoms with Crippen molar-refractivity contribution in [1.29, 1.82) is 0 Å². The molecule has 1 aromatic carbocycles. The van der Waals surface area contributed by atoms with Gasteiger partial charge in [-0.05, 0) is 34.0 Å². The molecule has 2 N–H and O–H groups in total. The van der Waals surface area contributed by atoms with Crippen molar-refractivity contribution in [3.8, 4) is 0 Å². The zero-order valence-electron chi connectivity index (χ0n) is 12.8. The zero-order valence-corrected chi connectivity index (χ0v) is 12.8. The van der Waals surface area contributed by atoms with Crippen LogP contribution in [0.2, 0.25) is 0 Å². The summed E-state index contributed by atoms with van der Waals surface area (Å²) in [6, 6.07) is 7.04. The Kier molecular flexibility index (Phi) is 5.60. The summed E-state index contributed by atoms with van der Waals surface area (Å²) in [5, 5.41) is 23.2. The van der Waals surface area contributed by atoms with Crippen LogP contribution in [-0.4, -0.2) is 43.9 Å². The molecule has 0 radical (unpaired) electrons. The van der Waals surface area contributed by atoms with Crippen LogP contribution in [-0.2, 0) is 6.54 Å². The minimum Gasteiger partial charge on any atom is -0.394 e. The van der Waals surface area contributed by atoms with E-state index in [2.05, 4.69) is 20.8 Å². The van der Waals surface area contributed by atoms with Crippen molar-refractivity contribution < 1.29 is 9.90 Å². The number of aromatic nitrogens is 4. The average molecular weight is 303 g/mol. The second-order valence-electron chi connectivity index (χ2n) is 5.35. The van der Waals surface area contributed by atoms with Gasteiger partial charge < -0.3 is 10.4 Å². The lowest BCUT2D eigenvalue weighted by atomic mass is 9.99. The number of amides is 1. The Balaban J connectivity index is 1.98. The molecule has 0 aliphatic carbocycles. The number of benzene rings is 1. The summed E-state index contributed by atoms with van der Waals surface area (Å²) in [5.74, 6) is 0.0568. The van der Waals surface area contributed by atoms with E-state index in [1.54, 1.807) is 23.1 Å². The number of carbonyl (C=O) groups excluding carboxylic acids is 1. The molecule has 2 rings (SSSR count). The van der Waals surface area contributed by atoms with Gasteiger partial charge in [-0.2, -0.15) is 0 Å². The Morgan fingerprint density at radius 2 is 2.09 bits per heavy atom. The number of hydrogen-bond donors (Lipinski definition) is 2. The molecule has 0 fully saturated rings. The second-order valence-corrected chi connectivity index (χ2v) is 5.35. The van der Waals surface area contributed by atoms with E-state index in [9.17, 15) is 9.90 Å². The molecule has 0 bridgehead atoms. The lowest BCUT2D eigenvalue weighted by Gasteiger charge is -2.22. The predicted molar refractivity (Wildman–Crippen MR) is 81.2 cm³/mol. The maximum Gasteiger partial charge on any atom is 0.251 e. The van der Waals surface area contributed by atoms with Gasteiger partial charge in [-0.25, -0.2) is 4.68 Å². The monoisotopic (exact) mass is 303 g/mol. The maximum absolute atomic E-state index is 12.2. The van der Waals surface area contributed by atoms with Gasteiger partial charge in [0.2, 0.25) is 0 Å². The molecule has 0 aliphatic heterocycles. The van der Waals surface area contributed by atoms with Crippen molar-refractivity contribution in [3.05, 3.63) is 41.7 Å². The van der Waals surface area contributed by atoms with E-state index >= 15 is 0 Å². The molecule has 118 valence electrons. The molecular weight excluding hydrogens is 282 g/mol. The molecule has 0 saturated heterocycles. The highest BCUT2D eigenvalue weighted by Crippen LogP contribution is 2.10. The maximum atomic E-state index is 12.2. The number of tetrazole rings is 1. The summed E-state index contributed by atoms with van der Waals surface area (Å²) >= 11 is 0. The molecule has 2 aromatic rings. The number of nitrogens with zero attached hydrogens (tertiary/aromatic N) is 4. The van der Waals surface area contributed by atoms with E-state index < -0.39 is 0 Å². The first-order valence-corrected chi connectivity index (χ1v) is 7.35. The molecule has 0 spiro atoms. The molecule has 0 unspecified atom stereocenters. The first-order chi connectivity index (χ1) is 10.6. The second kappa shape index (κ2) is 7.65. The molecule has 7 nitrogen and oxygen atoms in total. The highest BCUT2D eigenvalue weighted by atomic mass is 16.3. The average Bonchev–Trinajstić information content (AvgIpc) is 3.05. The third-order valence-corrected chi connectivity index (χ3v) is 3.80. The van der Waals surface area contributed by atoms with Gasteiger partial charge in [0.25, 0.3) is 5.91 Å². The van der Waals surface area contributed by atoms with Crippen LogP contribution >= 0.6 is 0 Å². The molecule has 22 heavy (non-hydrogen) atoms. The summed E-state index contributed by atoms with van der Waals surface area (Å²) < 4.78 is 1.61. The number of hydrogen-bond acceptors (Lipinski definition) is 5. The number of rotatable bonds is 7. The van der Waals surface area contributed by atoms with E-state index in [1.807, 2.05) is 26.0 Å². The lowest BCUT2D eigenvalue weighted by molar-refractivity contribution is 0.0891. The summed E-state index contributed by atoms with van der Waals surface area (Å²) in [4.78, 5) is 12.2. The van der Waals surface area contributed by atoms with Crippen molar-refractivity contribution in [2.45, 2.75) is 32.9 Å². The Morgan fingerprint density at radius 1 is 1.36 bits per heavy atom. The number of nitrogens with one attached hydrogen (secondary N) is 1. The summed E-state index contributed by atoms with van der Waals surface area (Å²) in [5.41, 5.74) is 1.58. The Hall–Kier alpha value is -2.28. The van der Waals surface area contributed by atoms with Gasteiger partial charge in [0.05, 0.1) is 19.2 Å². The molecule has 7 heteroatoms. The first-order valence-electron chi connectivity index (χ1n) is 7.35. The Morgan fingerprint density at radius 3 is 2.64 bits per heavy atom. The van der Waals surface area contributed by atoms with Crippen LogP contribution in [0.1, 0.15) is 36.2 Å². The molecule has 1 heterocycles. The minimum atomic E-state index is -0.224. The van der Waals surface area contributed by atoms with Gasteiger partial charge in [-0.3, -0.25) is 4.79 Å². The highest BCUT2D eigenvalue weighted by molar-refractivity contribution is 5.94. The number of carbonyl (C=O) groups is 1. The molecule has 1 aromatic heterocycles. The van der Waals surface area contributed by atoms with Gasteiger partial charge in [-0.1, -0.05) is 32.4 Å². The largest absolute Gasteiger partial charge is 0.394 e. The van der Waals surface area contributed by atoms with Crippen LogP contribution in [0.25, 0.3) is 0 Å². The molecule has 2 atom stereocenters. The first kappa shape index (κ1) is 16.1.